The van der Waals surface area contributed by atoms with Crippen LogP contribution in [0.1, 0.15) is 46.9 Å². The van der Waals surface area contributed by atoms with E-state index in [2.05, 4.69) is 15.4 Å². The Bertz CT molecular complexity index is 1120. The van der Waals surface area contributed by atoms with Gasteiger partial charge in [0.25, 0.3) is 5.91 Å². The Morgan fingerprint density at radius 3 is 2.53 bits per heavy atom. The molecule has 32 heavy (non-hydrogen) atoms. The molecule has 2 aromatic heterocycles. The Kier molecular flexibility index (Phi) is 5.77. The van der Waals surface area contributed by atoms with Crippen LogP contribution in [0, 0.1) is 0 Å². The zero-order valence-corrected chi connectivity index (χ0v) is 17.4. The second-order valence-corrected chi connectivity index (χ2v) is 7.57. The third-order valence-electron chi connectivity index (χ3n) is 4.95. The minimum absolute atomic E-state index is 0.128. The number of pyridine rings is 1. The number of benzene rings is 1. The van der Waals surface area contributed by atoms with Crippen LogP contribution in [0.5, 0.6) is 11.5 Å². The molecule has 0 radical (unpaired) electrons. The monoisotopic (exact) mass is 446 g/mol. The molecule has 168 valence electrons. The molecule has 1 aliphatic rings. The van der Waals surface area contributed by atoms with Crippen molar-refractivity contribution in [2.75, 3.05) is 13.2 Å². The standard InChI is InChI=1S/C22H21F3N4O3/c1-13(2)20-16(12-28-29(20)19-6-4-15(11-26-19)22(23,24)25)21(30)27-10-14-3-5-17-18(9-14)32-8-7-31-17/h3-6,9,11-13H,7-8,10H2,1-2H3,(H,27,30). The molecule has 0 saturated carbocycles. The number of carbonyl (C=O) groups excluding carboxylic acids is 1. The summed E-state index contributed by atoms with van der Waals surface area (Å²) < 4.78 is 50.9. The third kappa shape index (κ3) is 4.39. The van der Waals surface area contributed by atoms with Crippen LogP contribution in [-0.2, 0) is 12.7 Å². The first kappa shape index (κ1) is 21.7. The fourth-order valence-electron chi connectivity index (χ4n) is 3.43. The molecule has 0 saturated heterocycles. The topological polar surface area (TPSA) is 78.3 Å². The van der Waals surface area contributed by atoms with Crippen molar-refractivity contribution in [1.29, 1.82) is 0 Å². The van der Waals surface area contributed by atoms with Crippen molar-refractivity contribution in [2.45, 2.75) is 32.5 Å². The summed E-state index contributed by atoms with van der Waals surface area (Å²) in [6.07, 6.45) is -2.33. The number of ether oxygens (including phenoxy) is 2. The lowest BCUT2D eigenvalue weighted by molar-refractivity contribution is -0.137. The summed E-state index contributed by atoms with van der Waals surface area (Å²) in [5.41, 5.74) is 0.874. The molecule has 1 amide bonds. The van der Waals surface area contributed by atoms with Gasteiger partial charge >= 0.3 is 6.18 Å². The van der Waals surface area contributed by atoms with Gasteiger partial charge in [0, 0.05) is 12.7 Å². The van der Waals surface area contributed by atoms with Gasteiger partial charge in [-0.1, -0.05) is 19.9 Å². The highest BCUT2D eigenvalue weighted by Gasteiger charge is 2.31. The van der Waals surface area contributed by atoms with Gasteiger partial charge in [0.05, 0.1) is 23.0 Å². The first-order valence-electron chi connectivity index (χ1n) is 10.0. The lowest BCUT2D eigenvalue weighted by Crippen LogP contribution is -2.24. The van der Waals surface area contributed by atoms with Crippen molar-refractivity contribution >= 4 is 5.91 Å². The first-order chi connectivity index (χ1) is 15.2. The van der Waals surface area contributed by atoms with Crippen molar-refractivity contribution in [3.05, 3.63) is 65.1 Å². The molecular weight excluding hydrogens is 425 g/mol. The van der Waals surface area contributed by atoms with E-state index in [1.807, 2.05) is 26.0 Å². The lowest BCUT2D eigenvalue weighted by Gasteiger charge is -2.19. The van der Waals surface area contributed by atoms with Crippen LogP contribution in [0.4, 0.5) is 13.2 Å². The van der Waals surface area contributed by atoms with Crippen molar-refractivity contribution in [3.8, 4) is 17.3 Å². The van der Waals surface area contributed by atoms with E-state index in [1.165, 1.54) is 16.9 Å². The Hall–Kier alpha value is -3.56. The van der Waals surface area contributed by atoms with Gasteiger partial charge in [-0.3, -0.25) is 4.79 Å². The summed E-state index contributed by atoms with van der Waals surface area (Å²) in [6, 6.07) is 7.62. The normalized spacial score (nSPS) is 13.3. The summed E-state index contributed by atoms with van der Waals surface area (Å²) in [7, 11) is 0. The van der Waals surface area contributed by atoms with Gasteiger partial charge in [-0.05, 0) is 35.7 Å². The third-order valence-corrected chi connectivity index (χ3v) is 4.95. The molecule has 0 spiro atoms. The molecule has 1 aromatic carbocycles. The Labute approximate surface area is 182 Å². The average molecular weight is 446 g/mol. The van der Waals surface area contributed by atoms with Crippen molar-refractivity contribution in [1.82, 2.24) is 20.1 Å². The van der Waals surface area contributed by atoms with Gasteiger partial charge in [-0.15, -0.1) is 0 Å². The number of amides is 1. The van der Waals surface area contributed by atoms with Gasteiger partial charge < -0.3 is 14.8 Å². The number of nitrogens with zero attached hydrogens (tertiary/aromatic N) is 3. The predicted octanol–water partition coefficient (Wildman–Crippen LogP) is 4.11. The van der Waals surface area contributed by atoms with Crippen LogP contribution in [-0.4, -0.2) is 33.9 Å². The van der Waals surface area contributed by atoms with Crippen LogP contribution in [0.2, 0.25) is 0 Å². The smallest absolute Gasteiger partial charge is 0.417 e. The molecule has 4 rings (SSSR count). The fraction of sp³-hybridized carbons (Fsp3) is 0.318. The maximum Gasteiger partial charge on any atom is 0.417 e. The molecule has 7 nitrogen and oxygen atoms in total. The number of hydrogen-bond acceptors (Lipinski definition) is 5. The van der Waals surface area contributed by atoms with E-state index in [0.29, 0.717) is 36.0 Å². The number of fused-ring (bicyclic) bond motifs is 1. The highest BCUT2D eigenvalue weighted by molar-refractivity contribution is 5.95. The molecule has 3 aromatic rings. The minimum atomic E-state index is -4.48. The zero-order chi connectivity index (χ0) is 22.9. The van der Waals surface area contributed by atoms with Gasteiger partial charge in [0.2, 0.25) is 0 Å². The summed E-state index contributed by atoms with van der Waals surface area (Å²) in [6.45, 7) is 4.97. The van der Waals surface area contributed by atoms with E-state index in [9.17, 15) is 18.0 Å². The number of aromatic nitrogens is 3. The molecule has 0 unspecified atom stereocenters. The van der Waals surface area contributed by atoms with Gasteiger partial charge in [-0.25, -0.2) is 9.67 Å². The fourth-order valence-corrected chi connectivity index (χ4v) is 3.43. The number of hydrogen-bond donors (Lipinski definition) is 1. The van der Waals surface area contributed by atoms with E-state index in [-0.39, 0.29) is 24.2 Å². The molecule has 1 aliphatic heterocycles. The molecule has 1 N–H and O–H groups in total. The quantitative estimate of drug-likeness (QED) is 0.638. The second kappa shape index (κ2) is 8.52. The summed E-state index contributed by atoms with van der Waals surface area (Å²) in [5.74, 6) is 1.02. The maximum absolute atomic E-state index is 12.9. The summed E-state index contributed by atoms with van der Waals surface area (Å²) >= 11 is 0. The largest absolute Gasteiger partial charge is 0.486 e. The molecule has 0 fully saturated rings. The van der Waals surface area contributed by atoms with Gasteiger partial charge in [0.15, 0.2) is 17.3 Å². The van der Waals surface area contributed by atoms with Crippen LogP contribution in [0.25, 0.3) is 5.82 Å². The van der Waals surface area contributed by atoms with Crippen LogP contribution >= 0.6 is 0 Å². The average Bonchev–Trinajstić information content (AvgIpc) is 3.22. The second-order valence-electron chi connectivity index (χ2n) is 7.57. The van der Waals surface area contributed by atoms with Crippen LogP contribution in [0.3, 0.4) is 0 Å². The van der Waals surface area contributed by atoms with Crippen molar-refractivity contribution in [2.24, 2.45) is 0 Å². The van der Waals surface area contributed by atoms with E-state index < -0.39 is 11.7 Å². The molecule has 0 bridgehead atoms. The van der Waals surface area contributed by atoms with E-state index in [0.717, 1.165) is 17.8 Å². The van der Waals surface area contributed by atoms with E-state index >= 15 is 0 Å². The summed E-state index contributed by atoms with van der Waals surface area (Å²) in [4.78, 5) is 16.8. The molecular formula is C22H21F3N4O3. The maximum atomic E-state index is 12.9. The predicted molar refractivity (Wildman–Crippen MR) is 109 cm³/mol. The van der Waals surface area contributed by atoms with E-state index in [4.69, 9.17) is 9.47 Å². The highest BCUT2D eigenvalue weighted by atomic mass is 19.4. The van der Waals surface area contributed by atoms with Crippen LogP contribution < -0.4 is 14.8 Å². The lowest BCUT2D eigenvalue weighted by atomic mass is 10.1. The Morgan fingerprint density at radius 1 is 1.12 bits per heavy atom. The highest BCUT2D eigenvalue weighted by Crippen LogP contribution is 2.31. The Balaban J connectivity index is 1.53. The number of nitrogens with one attached hydrogen (secondary N) is 1. The van der Waals surface area contributed by atoms with Crippen molar-refractivity contribution < 1.29 is 27.4 Å². The number of rotatable bonds is 5. The molecule has 0 atom stereocenters. The van der Waals surface area contributed by atoms with Crippen LogP contribution in [0.15, 0.2) is 42.7 Å². The Morgan fingerprint density at radius 2 is 1.88 bits per heavy atom. The van der Waals surface area contributed by atoms with Crippen molar-refractivity contribution in [3.63, 3.8) is 0 Å². The van der Waals surface area contributed by atoms with Gasteiger partial charge in [-0.2, -0.15) is 18.3 Å². The number of carbonyl (C=O) groups is 1. The minimum Gasteiger partial charge on any atom is -0.486 e. The summed E-state index contributed by atoms with van der Waals surface area (Å²) in [5, 5.41) is 7.06. The van der Waals surface area contributed by atoms with Gasteiger partial charge in [0.1, 0.15) is 13.2 Å². The van der Waals surface area contributed by atoms with E-state index in [1.54, 1.807) is 6.07 Å². The molecule has 0 aliphatic carbocycles. The SMILES string of the molecule is CC(C)c1c(C(=O)NCc2ccc3c(c2)OCCO3)cnn1-c1ccc(C(F)(F)F)cn1. The first-order valence-corrected chi connectivity index (χ1v) is 10.0. The molecule has 10 heteroatoms. The number of halogens is 3. The number of alkyl halides is 3. The zero-order valence-electron chi connectivity index (χ0n) is 17.4. The molecule has 3 heterocycles.